The summed E-state index contributed by atoms with van der Waals surface area (Å²) in [5, 5.41) is 12.3. The summed E-state index contributed by atoms with van der Waals surface area (Å²) in [7, 11) is 1.92. The standard InChI is InChI=1S/C14H30N2O/c1-14(2,3)12-5-8-16(9-6-12)10-7-13(11-17)15-4/h12-13,15,17H,5-11H2,1-4H3. The lowest BCUT2D eigenvalue weighted by Crippen LogP contribution is -2.40. The molecule has 0 aromatic carbocycles. The molecule has 2 N–H and O–H groups in total. The summed E-state index contributed by atoms with van der Waals surface area (Å²) in [4.78, 5) is 2.54. The third kappa shape index (κ3) is 4.94. The number of likely N-dealkylation sites (tertiary alicyclic amines) is 1. The molecule has 0 aromatic rings. The zero-order valence-corrected chi connectivity index (χ0v) is 12.0. The van der Waals surface area contributed by atoms with E-state index < -0.39 is 0 Å². The van der Waals surface area contributed by atoms with Gasteiger partial charge in [-0.15, -0.1) is 0 Å². The van der Waals surface area contributed by atoms with Crippen molar-refractivity contribution >= 4 is 0 Å². The van der Waals surface area contributed by atoms with Crippen LogP contribution in [-0.4, -0.2) is 49.3 Å². The average Bonchev–Trinajstić information content (AvgIpc) is 2.30. The monoisotopic (exact) mass is 242 g/mol. The number of hydrogen-bond acceptors (Lipinski definition) is 3. The summed E-state index contributed by atoms with van der Waals surface area (Å²) < 4.78 is 0. The minimum absolute atomic E-state index is 0.245. The second kappa shape index (κ2) is 6.72. The number of nitrogens with zero attached hydrogens (tertiary/aromatic N) is 1. The van der Waals surface area contributed by atoms with Crippen LogP contribution < -0.4 is 5.32 Å². The van der Waals surface area contributed by atoms with Crippen molar-refractivity contribution in [1.82, 2.24) is 10.2 Å². The lowest BCUT2D eigenvalue weighted by molar-refractivity contribution is 0.107. The molecule has 1 heterocycles. The second-order valence-corrected chi connectivity index (χ2v) is 6.44. The molecule has 0 bridgehead atoms. The summed E-state index contributed by atoms with van der Waals surface area (Å²) >= 11 is 0. The lowest BCUT2D eigenvalue weighted by Gasteiger charge is -2.39. The van der Waals surface area contributed by atoms with Crippen molar-refractivity contribution in [2.75, 3.05) is 33.3 Å². The molecular weight excluding hydrogens is 212 g/mol. The average molecular weight is 242 g/mol. The van der Waals surface area contributed by atoms with Crippen LogP contribution in [-0.2, 0) is 0 Å². The summed E-state index contributed by atoms with van der Waals surface area (Å²) in [6.07, 6.45) is 3.70. The van der Waals surface area contributed by atoms with E-state index in [1.165, 1.54) is 25.9 Å². The van der Waals surface area contributed by atoms with Gasteiger partial charge in [0.1, 0.15) is 0 Å². The van der Waals surface area contributed by atoms with E-state index >= 15 is 0 Å². The first-order valence-corrected chi connectivity index (χ1v) is 6.98. The number of piperidine rings is 1. The largest absolute Gasteiger partial charge is 0.395 e. The molecule has 1 aliphatic heterocycles. The van der Waals surface area contributed by atoms with E-state index in [1.807, 2.05) is 7.05 Å². The molecule has 102 valence electrons. The number of nitrogens with one attached hydrogen (secondary N) is 1. The second-order valence-electron chi connectivity index (χ2n) is 6.44. The Labute approximate surface area is 107 Å². The Hall–Kier alpha value is -0.120. The number of rotatable bonds is 5. The van der Waals surface area contributed by atoms with Gasteiger partial charge in [-0.2, -0.15) is 0 Å². The third-order valence-electron chi connectivity index (χ3n) is 4.23. The van der Waals surface area contributed by atoms with Gasteiger partial charge in [-0.1, -0.05) is 20.8 Å². The molecule has 0 amide bonds. The first-order chi connectivity index (χ1) is 7.97. The molecular formula is C14H30N2O. The molecule has 1 rings (SSSR count). The van der Waals surface area contributed by atoms with Crippen molar-refractivity contribution in [1.29, 1.82) is 0 Å². The van der Waals surface area contributed by atoms with Gasteiger partial charge in [0, 0.05) is 6.04 Å². The van der Waals surface area contributed by atoms with Gasteiger partial charge in [0.05, 0.1) is 6.61 Å². The first-order valence-electron chi connectivity index (χ1n) is 6.98. The van der Waals surface area contributed by atoms with Crippen molar-refractivity contribution in [3.05, 3.63) is 0 Å². The predicted molar refractivity (Wildman–Crippen MR) is 73.2 cm³/mol. The molecule has 0 aliphatic carbocycles. The van der Waals surface area contributed by atoms with E-state index in [0.717, 1.165) is 18.9 Å². The van der Waals surface area contributed by atoms with E-state index in [1.54, 1.807) is 0 Å². The zero-order valence-electron chi connectivity index (χ0n) is 12.0. The van der Waals surface area contributed by atoms with Gasteiger partial charge < -0.3 is 15.3 Å². The van der Waals surface area contributed by atoms with E-state index in [-0.39, 0.29) is 12.6 Å². The number of aliphatic hydroxyl groups is 1. The molecule has 0 saturated carbocycles. The molecule has 1 saturated heterocycles. The highest BCUT2D eigenvalue weighted by Crippen LogP contribution is 2.34. The SMILES string of the molecule is CNC(CO)CCN1CCC(C(C)(C)C)CC1. The molecule has 0 aromatic heterocycles. The maximum absolute atomic E-state index is 9.12. The first kappa shape index (κ1) is 14.9. The highest BCUT2D eigenvalue weighted by Gasteiger charge is 2.28. The Morgan fingerprint density at radius 2 is 1.88 bits per heavy atom. The van der Waals surface area contributed by atoms with Gasteiger partial charge in [-0.3, -0.25) is 0 Å². The molecule has 1 aliphatic rings. The lowest BCUT2D eigenvalue weighted by atomic mass is 9.75. The Balaban J connectivity index is 2.23. The van der Waals surface area contributed by atoms with Crippen LogP contribution in [0.5, 0.6) is 0 Å². The molecule has 0 spiro atoms. The highest BCUT2D eigenvalue weighted by atomic mass is 16.3. The van der Waals surface area contributed by atoms with Crippen molar-refractivity contribution in [2.45, 2.75) is 46.1 Å². The van der Waals surface area contributed by atoms with Crippen LogP contribution in [0.1, 0.15) is 40.0 Å². The topological polar surface area (TPSA) is 35.5 Å². The van der Waals surface area contributed by atoms with Crippen molar-refractivity contribution in [3.8, 4) is 0 Å². The Morgan fingerprint density at radius 3 is 2.29 bits per heavy atom. The number of likely N-dealkylation sites (N-methyl/N-ethyl adjacent to an activating group) is 1. The molecule has 1 unspecified atom stereocenters. The highest BCUT2D eigenvalue weighted by molar-refractivity contribution is 4.81. The van der Waals surface area contributed by atoms with Crippen LogP contribution in [0.4, 0.5) is 0 Å². The fraction of sp³-hybridized carbons (Fsp3) is 1.00. The minimum atomic E-state index is 0.245. The van der Waals surface area contributed by atoms with Crippen LogP contribution in [0.25, 0.3) is 0 Å². The van der Waals surface area contributed by atoms with E-state index in [9.17, 15) is 0 Å². The summed E-state index contributed by atoms with van der Waals surface area (Å²) in [6.45, 7) is 10.9. The molecule has 1 atom stereocenters. The van der Waals surface area contributed by atoms with E-state index in [2.05, 4.69) is 31.0 Å². The fourth-order valence-corrected chi connectivity index (χ4v) is 2.69. The predicted octanol–water partition coefficient (Wildman–Crippen LogP) is 1.71. The number of aliphatic hydroxyl groups excluding tert-OH is 1. The van der Waals surface area contributed by atoms with Crippen LogP contribution in [0.15, 0.2) is 0 Å². The van der Waals surface area contributed by atoms with E-state index in [4.69, 9.17) is 5.11 Å². The van der Waals surface area contributed by atoms with Crippen molar-refractivity contribution < 1.29 is 5.11 Å². The Morgan fingerprint density at radius 1 is 1.29 bits per heavy atom. The van der Waals surface area contributed by atoms with Crippen LogP contribution in [0.3, 0.4) is 0 Å². The summed E-state index contributed by atoms with van der Waals surface area (Å²) in [6, 6.07) is 0.260. The fourth-order valence-electron chi connectivity index (χ4n) is 2.69. The minimum Gasteiger partial charge on any atom is -0.395 e. The quantitative estimate of drug-likeness (QED) is 0.770. The smallest absolute Gasteiger partial charge is 0.0585 e. The third-order valence-corrected chi connectivity index (χ3v) is 4.23. The van der Waals surface area contributed by atoms with Crippen molar-refractivity contribution in [3.63, 3.8) is 0 Å². The van der Waals surface area contributed by atoms with Gasteiger partial charge in [0.15, 0.2) is 0 Å². The normalized spacial score (nSPS) is 21.7. The van der Waals surface area contributed by atoms with Gasteiger partial charge in [0.2, 0.25) is 0 Å². The maximum atomic E-state index is 9.12. The van der Waals surface area contributed by atoms with Gasteiger partial charge in [-0.05, 0) is 57.3 Å². The van der Waals surface area contributed by atoms with Crippen molar-refractivity contribution in [2.24, 2.45) is 11.3 Å². The van der Waals surface area contributed by atoms with Gasteiger partial charge in [-0.25, -0.2) is 0 Å². The number of hydrogen-bond donors (Lipinski definition) is 2. The van der Waals surface area contributed by atoms with Crippen LogP contribution >= 0.6 is 0 Å². The zero-order chi connectivity index (χ0) is 12.9. The Kier molecular flexibility index (Phi) is 5.90. The molecule has 3 heteroatoms. The Bertz CT molecular complexity index is 201. The van der Waals surface area contributed by atoms with Crippen LogP contribution in [0, 0.1) is 11.3 Å². The molecule has 17 heavy (non-hydrogen) atoms. The molecule has 0 radical (unpaired) electrons. The van der Waals surface area contributed by atoms with Crippen LogP contribution in [0.2, 0.25) is 0 Å². The molecule has 3 nitrogen and oxygen atoms in total. The summed E-state index contributed by atoms with van der Waals surface area (Å²) in [5.41, 5.74) is 0.463. The van der Waals surface area contributed by atoms with Gasteiger partial charge in [0.25, 0.3) is 0 Å². The van der Waals surface area contributed by atoms with Gasteiger partial charge >= 0.3 is 0 Å². The van der Waals surface area contributed by atoms with E-state index in [0.29, 0.717) is 5.41 Å². The molecule has 1 fully saturated rings. The maximum Gasteiger partial charge on any atom is 0.0585 e. The summed E-state index contributed by atoms with van der Waals surface area (Å²) in [5.74, 6) is 0.872.